The molecule has 0 aromatic carbocycles. The molecular formula is C20H34N6O2. The van der Waals surface area contributed by atoms with Crippen molar-refractivity contribution in [2.75, 3.05) is 57.8 Å². The van der Waals surface area contributed by atoms with E-state index in [1.54, 1.807) is 7.05 Å². The summed E-state index contributed by atoms with van der Waals surface area (Å²) in [5, 5.41) is 2.80. The topological polar surface area (TPSA) is 81.7 Å². The summed E-state index contributed by atoms with van der Waals surface area (Å²) in [5.74, 6) is 1.99. The molecule has 1 aromatic rings. The van der Waals surface area contributed by atoms with Gasteiger partial charge < -0.3 is 15.1 Å². The van der Waals surface area contributed by atoms with Crippen molar-refractivity contribution < 1.29 is 9.59 Å². The number of nitrogens with one attached hydrogen (secondary N) is 1. The van der Waals surface area contributed by atoms with Gasteiger partial charge in [-0.15, -0.1) is 0 Å². The average molecular weight is 391 g/mol. The summed E-state index contributed by atoms with van der Waals surface area (Å²) in [5.41, 5.74) is 0.981. The molecule has 8 heteroatoms. The molecule has 2 amide bonds. The number of carbonyl (C=O) groups is 2. The minimum absolute atomic E-state index is 0.0277. The van der Waals surface area contributed by atoms with Gasteiger partial charge in [0, 0.05) is 57.4 Å². The fourth-order valence-corrected chi connectivity index (χ4v) is 3.07. The van der Waals surface area contributed by atoms with Gasteiger partial charge >= 0.3 is 0 Å². The van der Waals surface area contributed by atoms with Crippen LogP contribution in [0.1, 0.15) is 44.6 Å². The van der Waals surface area contributed by atoms with Crippen molar-refractivity contribution in [1.29, 1.82) is 0 Å². The van der Waals surface area contributed by atoms with Crippen molar-refractivity contribution in [3.63, 3.8) is 0 Å². The highest BCUT2D eigenvalue weighted by Gasteiger charge is 2.22. The van der Waals surface area contributed by atoms with Crippen LogP contribution in [0, 0.1) is 6.92 Å². The van der Waals surface area contributed by atoms with Gasteiger partial charge in [0.1, 0.15) is 11.6 Å². The summed E-state index contributed by atoms with van der Waals surface area (Å²) in [6.45, 7) is 12.5. The zero-order valence-corrected chi connectivity index (χ0v) is 17.9. The molecule has 0 saturated carbocycles. The number of hydrogen-bond donors (Lipinski definition) is 1. The second-order valence-electron chi connectivity index (χ2n) is 7.74. The van der Waals surface area contributed by atoms with E-state index in [-0.39, 0.29) is 18.4 Å². The summed E-state index contributed by atoms with van der Waals surface area (Å²) in [6.07, 6.45) is 0.887. The molecule has 1 aliphatic rings. The van der Waals surface area contributed by atoms with Crippen molar-refractivity contribution in [2.45, 2.75) is 40.0 Å². The van der Waals surface area contributed by atoms with Crippen LogP contribution < -0.4 is 10.2 Å². The van der Waals surface area contributed by atoms with Crippen molar-refractivity contribution in [1.82, 2.24) is 25.1 Å². The molecule has 0 spiro atoms. The van der Waals surface area contributed by atoms with E-state index < -0.39 is 0 Å². The number of carbonyl (C=O) groups excluding carboxylic acids is 2. The third-order valence-corrected chi connectivity index (χ3v) is 4.81. The molecule has 0 bridgehead atoms. The second-order valence-corrected chi connectivity index (χ2v) is 7.74. The first-order valence-corrected chi connectivity index (χ1v) is 10.1. The molecule has 8 nitrogen and oxygen atoms in total. The van der Waals surface area contributed by atoms with Crippen molar-refractivity contribution in [3.8, 4) is 0 Å². The van der Waals surface area contributed by atoms with E-state index >= 15 is 0 Å². The zero-order chi connectivity index (χ0) is 20.7. The van der Waals surface area contributed by atoms with Gasteiger partial charge in [0.05, 0.1) is 13.1 Å². The van der Waals surface area contributed by atoms with Crippen LogP contribution in [0.2, 0.25) is 0 Å². The Kier molecular flexibility index (Phi) is 8.17. The minimum atomic E-state index is -0.109. The van der Waals surface area contributed by atoms with Crippen LogP contribution in [0.4, 0.5) is 5.82 Å². The van der Waals surface area contributed by atoms with Crippen molar-refractivity contribution >= 4 is 17.6 Å². The lowest BCUT2D eigenvalue weighted by atomic mass is 10.2. The number of aromatic nitrogens is 2. The Balaban J connectivity index is 1.83. The molecule has 156 valence electrons. The van der Waals surface area contributed by atoms with Gasteiger partial charge in [-0.05, 0) is 13.3 Å². The van der Waals surface area contributed by atoms with E-state index in [2.05, 4.69) is 33.9 Å². The largest absolute Gasteiger partial charge is 0.355 e. The molecule has 1 aromatic heterocycles. The third-order valence-electron chi connectivity index (χ3n) is 4.81. The van der Waals surface area contributed by atoms with E-state index in [0.717, 1.165) is 49.9 Å². The number of rotatable bonds is 8. The van der Waals surface area contributed by atoms with Gasteiger partial charge in [-0.25, -0.2) is 9.97 Å². The molecule has 0 atom stereocenters. The number of likely N-dealkylation sites (N-methyl/N-ethyl adjacent to an activating group) is 1. The Morgan fingerprint density at radius 2 is 1.89 bits per heavy atom. The van der Waals surface area contributed by atoms with Gasteiger partial charge in [-0.2, -0.15) is 0 Å². The normalized spacial score (nSPS) is 15.0. The summed E-state index contributed by atoms with van der Waals surface area (Å²) >= 11 is 0. The number of piperazine rings is 1. The van der Waals surface area contributed by atoms with Gasteiger partial charge in [0.25, 0.3) is 0 Å². The highest BCUT2D eigenvalue weighted by Crippen LogP contribution is 2.18. The first kappa shape index (κ1) is 22.1. The molecule has 0 aliphatic carbocycles. The lowest BCUT2D eigenvalue weighted by molar-refractivity contribution is -0.135. The molecule has 0 radical (unpaired) electrons. The zero-order valence-electron chi connectivity index (χ0n) is 17.9. The number of hydrogen-bond acceptors (Lipinski definition) is 6. The molecule has 1 fully saturated rings. The van der Waals surface area contributed by atoms with Crippen molar-refractivity contribution in [3.05, 3.63) is 17.6 Å². The molecule has 28 heavy (non-hydrogen) atoms. The number of nitrogens with zero attached hydrogens (tertiary/aromatic N) is 5. The number of anilines is 1. The maximum Gasteiger partial charge on any atom is 0.239 e. The summed E-state index contributed by atoms with van der Waals surface area (Å²) < 4.78 is 0. The smallest absolute Gasteiger partial charge is 0.239 e. The predicted octanol–water partition coefficient (Wildman–Crippen LogP) is 1.02. The van der Waals surface area contributed by atoms with Gasteiger partial charge in [-0.3, -0.25) is 14.5 Å². The highest BCUT2D eigenvalue weighted by atomic mass is 16.2. The highest BCUT2D eigenvalue weighted by molar-refractivity contribution is 5.85. The van der Waals surface area contributed by atoms with E-state index in [1.807, 2.05) is 19.9 Å². The average Bonchev–Trinajstić information content (AvgIpc) is 2.66. The van der Waals surface area contributed by atoms with E-state index in [4.69, 9.17) is 4.98 Å². The van der Waals surface area contributed by atoms with Crippen molar-refractivity contribution in [2.24, 2.45) is 0 Å². The molecule has 2 heterocycles. The van der Waals surface area contributed by atoms with Crippen LogP contribution in [0.25, 0.3) is 0 Å². The Labute approximate surface area is 168 Å². The first-order chi connectivity index (χ1) is 13.3. The Morgan fingerprint density at radius 1 is 1.21 bits per heavy atom. The lowest BCUT2D eigenvalue weighted by Crippen LogP contribution is -2.50. The van der Waals surface area contributed by atoms with Gasteiger partial charge in [0.15, 0.2) is 0 Å². The van der Waals surface area contributed by atoms with E-state index in [1.165, 1.54) is 4.90 Å². The number of aryl methyl sites for hydroxylation is 1. The SMILES string of the molecule is CCCNC(=O)CN(C)C(=O)CN1CCN(c2cc(C)nc(C(C)C)n2)CC1. The first-order valence-electron chi connectivity index (χ1n) is 10.1. The summed E-state index contributed by atoms with van der Waals surface area (Å²) in [7, 11) is 1.68. The Bertz CT molecular complexity index is 671. The van der Waals surface area contributed by atoms with E-state index in [9.17, 15) is 9.59 Å². The van der Waals surface area contributed by atoms with Crippen LogP contribution in [0.3, 0.4) is 0 Å². The van der Waals surface area contributed by atoms with E-state index in [0.29, 0.717) is 19.0 Å². The summed E-state index contributed by atoms with van der Waals surface area (Å²) in [6, 6.07) is 2.02. The molecular weight excluding hydrogens is 356 g/mol. The quantitative estimate of drug-likeness (QED) is 0.714. The van der Waals surface area contributed by atoms with Gasteiger partial charge in [0.2, 0.25) is 11.8 Å². The standard InChI is InChI=1S/C20H34N6O2/c1-6-7-21-18(27)13-24(5)19(28)14-25-8-10-26(11-9-25)17-12-16(4)22-20(23-17)15(2)3/h12,15H,6-11,13-14H2,1-5H3,(H,21,27). The van der Waals surface area contributed by atoms with Gasteiger partial charge in [-0.1, -0.05) is 20.8 Å². The van der Waals surface area contributed by atoms with Crippen LogP contribution in [-0.4, -0.2) is 84.4 Å². The Morgan fingerprint density at radius 3 is 2.50 bits per heavy atom. The maximum absolute atomic E-state index is 12.4. The lowest BCUT2D eigenvalue weighted by Gasteiger charge is -2.35. The second kappa shape index (κ2) is 10.4. The van der Waals surface area contributed by atoms with Crippen LogP contribution in [-0.2, 0) is 9.59 Å². The monoisotopic (exact) mass is 390 g/mol. The number of amides is 2. The van der Waals surface area contributed by atoms with Crippen LogP contribution >= 0.6 is 0 Å². The third kappa shape index (κ3) is 6.44. The molecule has 2 rings (SSSR count). The molecule has 0 unspecified atom stereocenters. The van der Waals surface area contributed by atoms with Crippen LogP contribution in [0.15, 0.2) is 6.07 Å². The molecule has 1 N–H and O–H groups in total. The fourth-order valence-electron chi connectivity index (χ4n) is 3.07. The Hall–Kier alpha value is -2.22. The summed E-state index contributed by atoms with van der Waals surface area (Å²) in [4.78, 5) is 39.3. The molecule has 1 aliphatic heterocycles. The fraction of sp³-hybridized carbons (Fsp3) is 0.700. The molecule has 1 saturated heterocycles. The maximum atomic E-state index is 12.4. The van der Waals surface area contributed by atoms with Crippen LogP contribution in [0.5, 0.6) is 0 Å². The minimum Gasteiger partial charge on any atom is -0.355 e. The predicted molar refractivity (Wildman–Crippen MR) is 110 cm³/mol.